The molecule has 1 aromatic rings. The molecule has 0 unspecified atom stereocenters. The highest BCUT2D eigenvalue weighted by Crippen LogP contribution is 2.27. The van der Waals surface area contributed by atoms with Gasteiger partial charge in [0.15, 0.2) is 0 Å². The Kier molecular flexibility index (Phi) is 6.08. The van der Waals surface area contributed by atoms with E-state index >= 15 is 0 Å². The van der Waals surface area contributed by atoms with Crippen LogP contribution in [0.15, 0.2) is 24.3 Å². The third-order valence-electron chi connectivity index (χ3n) is 2.62. The number of anilines is 1. The molecule has 1 aromatic carbocycles. The van der Waals surface area contributed by atoms with E-state index in [9.17, 15) is 18.0 Å². The topological polar surface area (TPSA) is 40.5 Å². The molecule has 21 heavy (non-hydrogen) atoms. The van der Waals surface area contributed by atoms with Crippen molar-refractivity contribution >= 4 is 29.3 Å². The van der Waals surface area contributed by atoms with E-state index in [2.05, 4.69) is 0 Å². The average Bonchev–Trinajstić information content (AvgIpc) is 2.35. The first kappa shape index (κ1) is 17.4. The molecule has 0 fully saturated rings. The summed E-state index contributed by atoms with van der Waals surface area (Å²) in [6.07, 6.45) is -1.53. The second-order valence-corrected chi connectivity index (χ2v) is 4.82. The lowest BCUT2D eigenvalue weighted by atomic mass is 10.1. The molecule has 1 rings (SSSR count). The number of benzene rings is 1. The van der Waals surface area contributed by atoms with E-state index in [1.807, 2.05) is 0 Å². The number of hydrogen-bond donors (Lipinski definition) is 1. The summed E-state index contributed by atoms with van der Waals surface area (Å²) in [6, 6.07) is 4.40. The summed E-state index contributed by atoms with van der Waals surface area (Å²) < 4.78 is 37.7. The molecule has 0 amide bonds. The van der Waals surface area contributed by atoms with Crippen LogP contribution in [-0.2, 0) is 4.79 Å². The Labute approximate surface area is 125 Å². The summed E-state index contributed by atoms with van der Waals surface area (Å²) in [5, 5.41) is 8.75. The van der Waals surface area contributed by atoms with Crippen LogP contribution in [0.1, 0.15) is 18.9 Å². The number of carbonyl (C=O) groups is 1. The fraction of sp³-hybridized carbons (Fsp3) is 0.357. The molecular formula is C14H15ClF3NO2. The van der Waals surface area contributed by atoms with E-state index in [1.165, 1.54) is 29.2 Å². The van der Waals surface area contributed by atoms with E-state index in [0.717, 1.165) is 6.08 Å². The number of aliphatic carboxylic acids is 1. The summed E-state index contributed by atoms with van der Waals surface area (Å²) in [6.45, 7) is 0.983. The van der Waals surface area contributed by atoms with Crippen molar-refractivity contribution in [3.63, 3.8) is 0 Å². The maximum Gasteiger partial charge on any atom is 0.405 e. The van der Waals surface area contributed by atoms with Gasteiger partial charge in [0.2, 0.25) is 0 Å². The van der Waals surface area contributed by atoms with Crippen molar-refractivity contribution in [2.45, 2.75) is 19.5 Å². The number of carboxylic acids is 1. The van der Waals surface area contributed by atoms with Crippen LogP contribution >= 0.6 is 11.6 Å². The van der Waals surface area contributed by atoms with Gasteiger partial charge in [0.1, 0.15) is 6.54 Å². The molecule has 0 aliphatic rings. The fourth-order valence-electron chi connectivity index (χ4n) is 1.79. The maximum atomic E-state index is 12.6. The fourth-order valence-corrected chi connectivity index (χ4v) is 2.03. The van der Waals surface area contributed by atoms with Crippen LogP contribution < -0.4 is 4.90 Å². The number of halogens is 4. The largest absolute Gasteiger partial charge is 0.478 e. The Bertz CT molecular complexity index is 529. The molecule has 116 valence electrons. The standard InChI is InChI=1S/C14H15ClF3NO2/c1-2-7-19(9-14(16,17)18)11-5-3-10(12(15)8-11)4-6-13(20)21/h3-6,8H,2,7,9H2,1H3,(H,20,21)/b6-4+. The van der Waals surface area contributed by atoms with Crippen molar-refractivity contribution in [3.05, 3.63) is 34.9 Å². The van der Waals surface area contributed by atoms with Gasteiger partial charge in [-0.15, -0.1) is 0 Å². The molecule has 0 aromatic heterocycles. The number of nitrogens with zero attached hydrogens (tertiary/aromatic N) is 1. The third kappa shape index (κ3) is 6.08. The Morgan fingerprint density at radius 3 is 2.57 bits per heavy atom. The van der Waals surface area contributed by atoms with E-state index in [-0.39, 0.29) is 11.6 Å². The molecule has 7 heteroatoms. The van der Waals surface area contributed by atoms with Crippen LogP contribution in [0.25, 0.3) is 6.08 Å². The highest BCUT2D eigenvalue weighted by molar-refractivity contribution is 6.32. The molecule has 3 nitrogen and oxygen atoms in total. The molecule has 0 aliphatic heterocycles. The van der Waals surface area contributed by atoms with Crippen LogP contribution in [0, 0.1) is 0 Å². The number of hydrogen-bond acceptors (Lipinski definition) is 2. The van der Waals surface area contributed by atoms with E-state index in [4.69, 9.17) is 16.7 Å². The SMILES string of the molecule is CCCN(CC(F)(F)F)c1ccc(/C=C/C(=O)O)c(Cl)c1. The minimum atomic E-state index is -4.30. The van der Waals surface area contributed by atoms with Gasteiger partial charge < -0.3 is 10.0 Å². The van der Waals surface area contributed by atoms with Crippen LogP contribution in [-0.4, -0.2) is 30.3 Å². The second kappa shape index (κ2) is 7.36. The molecule has 0 atom stereocenters. The lowest BCUT2D eigenvalue weighted by Crippen LogP contribution is -2.34. The Morgan fingerprint density at radius 1 is 1.43 bits per heavy atom. The minimum absolute atomic E-state index is 0.202. The molecule has 0 saturated carbocycles. The van der Waals surface area contributed by atoms with E-state index in [0.29, 0.717) is 17.7 Å². The lowest BCUT2D eigenvalue weighted by Gasteiger charge is -2.26. The zero-order valence-corrected chi connectivity index (χ0v) is 12.1. The summed E-state index contributed by atoms with van der Waals surface area (Å²) in [7, 11) is 0. The summed E-state index contributed by atoms with van der Waals surface area (Å²) in [5.41, 5.74) is 0.790. The molecular weight excluding hydrogens is 307 g/mol. The van der Waals surface area contributed by atoms with Crippen LogP contribution in [0.2, 0.25) is 5.02 Å². The number of alkyl halides is 3. The van der Waals surface area contributed by atoms with Gasteiger partial charge in [-0.2, -0.15) is 13.2 Å². The molecule has 0 spiro atoms. The number of carboxylic acid groups (broad SMARTS) is 1. The van der Waals surface area contributed by atoms with Gasteiger partial charge in [0, 0.05) is 23.3 Å². The van der Waals surface area contributed by atoms with Crippen molar-refractivity contribution in [1.29, 1.82) is 0 Å². The van der Waals surface area contributed by atoms with Crippen molar-refractivity contribution in [3.8, 4) is 0 Å². The second-order valence-electron chi connectivity index (χ2n) is 4.41. The smallest absolute Gasteiger partial charge is 0.405 e. The average molecular weight is 322 g/mol. The predicted octanol–water partition coefficient (Wildman–Crippen LogP) is 4.22. The Morgan fingerprint density at radius 2 is 2.10 bits per heavy atom. The van der Waals surface area contributed by atoms with Crippen molar-refractivity contribution in [2.75, 3.05) is 18.0 Å². The highest BCUT2D eigenvalue weighted by Gasteiger charge is 2.30. The highest BCUT2D eigenvalue weighted by atomic mass is 35.5. The first-order valence-electron chi connectivity index (χ1n) is 6.25. The van der Waals surface area contributed by atoms with Gasteiger partial charge in [0.25, 0.3) is 0 Å². The van der Waals surface area contributed by atoms with Crippen molar-refractivity contribution < 1.29 is 23.1 Å². The van der Waals surface area contributed by atoms with Gasteiger partial charge in [-0.3, -0.25) is 0 Å². The van der Waals surface area contributed by atoms with Crippen LogP contribution in [0.4, 0.5) is 18.9 Å². The van der Waals surface area contributed by atoms with Crippen LogP contribution in [0.3, 0.4) is 0 Å². The molecule has 0 radical (unpaired) electrons. The molecule has 0 aliphatic carbocycles. The molecule has 1 N–H and O–H groups in total. The zero-order chi connectivity index (χ0) is 16.0. The van der Waals surface area contributed by atoms with Gasteiger partial charge >= 0.3 is 12.1 Å². The first-order valence-corrected chi connectivity index (χ1v) is 6.63. The minimum Gasteiger partial charge on any atom is -0.478 e. The van der Waals surface area contributed by atoms with Gasteiger partial charge in [-0.1, -0.05) is 24.6 Å². The maximum absolute atomic E-state index is 12.6. The van der Waals surface area contributed by atoms with E-state index in [1.54, 1.807) is 6.92 Å². The third-order valence-corrected chi connectivity index (χ3v) is 2.95. The summed E-state index contributed by atoms with van der Waals surface area (Å²) >= 11 is 5.98. The predicted molar refractivity (Wildman–Crippen MR) is 76.7 cm³/mol. The van der Waals surface area contributed by atoms with Crippen molar-refractivity contribution in [1.82, 2.24) is 0 Å². The molecule has 0 heterocycles. The normalized spacial score (nSPS) is 11.9. The van der Waals surface area contributed by atoms with E-state index < -0.39 is 18.7 Å². The zero-order valence-electron chi connectivity index (χ0n) is 11.3. The molecule has 0 saturated heterocycles. The van der Waals surface area contributed by atoms with Gasteiger partial charge in [-0.25, -0.2) is 4.79 Å². The molecule has 0 bridgehead atoms. The van der Waals surface area contributed by atoms with Gasteiger partial charge in [-0.05, 0) is 30.2 Å². The summed E-state index contributed by atoms with van der Waals surface area (Å²) in [5.74, 6) is -1.13. The Balaban J connectivity index is 3.00. The van der Waals surface area contributed by atoms with Gasteiger partial charge in [0.05, 0.1) is 0 Å². The summed E-state index contributed by atoms with van der Waals surface area (Å²) in [4.78, 5) is 11.6. The van der Waals surface area contributed by atoms with Crippen molar-refractivity contribution in [2.24, 2.45) is 0 Å². The van der Waals surface area contributed by atoms with Crippen LogP contribution in [0.5, 0.6) is 0 Å². The first-order chi connectivity index (χ1) is 9.73. The lowest BCUT2D eigenvalue weighted by molar-refractivity contribution is -0.131. The monoisotopic (exact) mass is 321 g/mol. The quantitative estimate of drug-likeness (QED) is 0.798. The Hall–Kier alpha value is -1.69. The number of rotatable bonds is 6.